The van der Waals surface area contributed by atoms with E-state index in [4.69, 9.17) is 0 Å². The van der Waals surface area contributed by atoms with E-state index in [9.17, 15) is 13.2 Å². The molecule has 0 unspecified atom stereocenters. The zero-order chi connectivity index (χ0) is 23.8. The van der Waals surface area contributed by atoms with Gasteiger partial charge in [0, 0.05) is 49.2 Å². The molecule has 0 spiro atoms. The third-order valence-corrected chi connectivity index (χ3v) is 8.27. The van der Waals surface area contributed by atoms with E-state index in [0.717, 1.165) is 22.5 Å². The van der Waals surface area contributed by atoms with E-state index in [0.29, 0.717) is 43.7 Å². The van der Waals surface area contributed by atoms with Crippen molar-refractivity contribution >= 4 is 15.8 Å². The van der Waals surface area contributed by atoms with E-state index < -0.39 is 10.0 Å². The van der Waals surface area contributed by atoms with Crippen molar-refractivity contribution in [2.45, 2.75) is 64.8 Å². The van der Waals surface area contributed by atoms with Crippen LogP contribution in [0.4, 0.5) is 0 Å². The molecule has 0 N–H and O–H groups in total. The number of hydrogen-bond donors (Lipinski definition) is 0. The molecule has 3 rings (SSSR count). The quantitative estimate of drug-likeness (QED) is 0.608. The molecule has 2 aromatic rings. The first kappa shape index (κ1) is 24.7. The molecule has 1 aliphatic heterocycles. The van der Waals surface area contributed by atoms with E-state index >= 15 is 0 Å². The van der Waals surface area contributed by atoms with Crippen LogP contribution in [0.1, 0.15) is 68.0 Å². The molecule has 1 aliphatic rings. The Morgan fingerprint density at radius 2 is 1.56 bits per heavy atom. The minimum absolute atomic E-state index is 0.0203. The Bertz CT molecular complexity index is 1070. The van der Waals surface area contributed by atoms with Crippen molar-refractivity contribution in [3.63, 3.8) is 0 Å². The summed E-state index contributed by atoms with van der Waals surface area (Å²) < 4.78 is 29.9. The van der Waals surface area contributed by atoms with Crippen LogP contribution in [0.5, 0.6) is 0 Å². The highest BCUT2D eigenvalue weighted by molar-refractivity contribution is 7.89. The van der Waals surface area contributed by atoms with Gasteiger partial charge in [-0.3, -0.25) is 9.69 Å². The Morgan fingerprint density at radius 3 is 2.03 bits per heavy atom. The highest BCUT2D eigenvalue weighted by atomic mass is 32.2. The number of sulfonamides is 1. The highest BCUT2D eigenvalue weighted by Gasteiger charge is 2.30. The lowest BCUT2D eigenvalue weighted by atomic mass is 9.87. The molecule has 1 fully saturated rings. The molecule has 176 valence electrons. The minimum atomic E-state index is -3.53. The van der Waals surface area contributed by atoms with Crippen molar-refractivity contribution in [3.8, 4) is 0 Å². The maximum Gasteiger partial charge on any atom is 0.243 e. The smallest absolute Gasteiger partial charge is 0.243 e. The monoisotopic (exact) mass is 459 g/mol. The number of hydrogen-bond acceptors (Lipinski definition) is 4. The lowest BCUT2D eigenvalue weighted by Crippen LogP contribution is -2.49. The molecule has 0 amide bonds. The van der Waals surface area contributed by atoms with E-state index in [-0.39, 0.29) is 11.2 Å². The van der Waals surface area contributed by atoms with Crippen LogP contribution in [0.25, 0.3) is 0 Å². The predicted molar refractivity (Wildman–Crippen MR) is 129 cm³/mol. The van der Waals surface area contributed by atoms with Gasteiger partial charge in [0.25, 0.3) is 0 Å². The van der Waals surface area contributed by atoms with Crippen molar-refractivity contribution < 1.29 is 13.2 Å². The van der Waals surface area contributed by atoms with Gasteiger partial charge in [0.05, 0.1) is 11.4 Å². The lowest BCUT2D eigenvalue weighted by molar-refractivity contribution is 0.0901. The molecule has 0 atom stereocenters. The van der Waals surface area contributed by atoms with Crippen LogP contribution in [0.3, 0.4) is 0 Å². The molecule has 6 nitrogen and oxygen atoms in total. The second-order valence-electron chi connectivity index (χ2n) is 10.1. The van der Waals surface area contributed by atoms with Gasteiger partial charge in [-0.15, -0.1) is 0 Å². The number of rotatable bonds is 6. The van der Waals surface area contributed by atoms with E-state index in [2.05, 4.69) is 44.1 Å². The summed E-state index contributed by atoms with van der Waals surface area (Å²) in [5, 5.41) is 0. The first-order valence-electron chi connectivity index (χ1n) is 11.4. The molecule has 2 heterocycles. The average Bonchev–Trinajstić information content (AvgIpc) is 3.02. The van der Waals surface area contributed by atoms with Crippen LogP contribution in [-0.2, 0) is 15.4 Å². The van der Waals surface area contributed by atoms with Crippen molar-refractivity contribution in [2.75, 3.05) is 32.7 Å². The summed E-state index contributed by atoms with van der Waals surface area (Å²) in [5.41, 5.74) is 3.95. The van der Waals surface area contributed by atoms with Gasteiger partial charge in [-0.2, -0.15) is 4.31 Å². The first-order chi connectivity index (χ1) is 14.8. The number of piperazine rings is 1. The lowest BCUT2D eigenvalue weighted by Gasteiger charge is -2.33. The summed E-state index contributed by atoms with van der Waals surface area (Å²) in [7, 11) is -3.53. The first-order valence-corrected chi connectivity index (χ1v) is 12.8. The van der Waals surface area contributed by atoms with Crippen LogP contribution < -0.4 is 0 Å². The van der Waals surface area contributed by atoms with Crippen LogP contribution in [0, 0.1) is 13.8 Å². The largest absolute Gasteiger partial charge is 0.346 e. The minimum Gasteiger partial charge on any atom is -0.346 e. The normalized spacial score (nSPS) is 16.6. The second kappa shape index (κ2) is 9.12. The SMILES string of the molecule is Cc1cc(C(=O)CN2CCN(S(=O)(=O)c3ccc(C(C)(C)C)cc3)CC2)c(C)n1C(C)C. The molecule has 32 heavy (non-hydrogen) atoms. The van der Waals surface area contributed by atoms with Crippen molar-refractivity contribution in [2.24, 2.45) is 0 Å². The standard InChI is InChI=1S/C25H37N3O3S/c1-18(2)28-19(3)16-23(20(28)4)24(29)17-26-12-14-27(15-13-26)32(30,31)22-10-8-21(9-11-22)25(5,6)7/h8-11,16,18H,12-15,17H2,1-7H3. The molecular formula is C25H37N3O3S. The highest BCUT2D eigenvalue weighted by Crippen LogP contribution is 2.25. The van der Waals surface area contributed by atoms with Gasteiger partial charge in [0.1, 0.15) is 0 Å². The number of aryl methyl sites for hydroxylation is 1. The van der Waals surface area contributed by atoms with Crippen molar-refractivity contribution in [3.05, 3.63) is 52.8 Å². The third kappa shape index (κ3) is 5.00. The van der Waals surface area contributed by atoms with Gasteiger partial charge in [-0.05, 0) is 56.9 Å². The summed E-state index contributed by atoms with van der Waals surface area (Å²) in [4.78, 5) is 15.3. The Labute approximate surface area is 193 Å². The molecular weight excluding hydrogens is 422 g/mol. The predicted octanol–water partition coefficient (Wildman–Crippen LogP) is 4.17. The Balaban J connectivity index is 1.64. The Morgan fingerprint density at radius 1 is 1.00 bits per heavy atom. The molecule has 1 aromatic heterocycles. The molecule has 1 saturated heterocycles. The van der Waals surface area contributed by atoms with Gasteiger partial charge in [0.2, 0.25) is 10.0 Å². The van der Waals surface area contributed by atoms with Crippen LogP contribution >= 0.6 is 0 Å². The molecule has 7 heteroatoms. The van der Waals surface area contributed by atoms with Crippen LogP contribution in [-0.4, -0.2) is 60.7 Å². The van der Waals surface area contributed by atoms with Crippen LogP contribution in [0.15, 0.2) is 35.2 Å². The van der Waals surface area contributed by atoms with Gasteiger partial charge < -0.3 is 4.57 Å². The zero-order valence-corrected chi connectivity index (χ0v) is 21.3. The Hall–Kier alpha value is -1.96. The molecule has 0 radical (unpaired) electrons. The fourth-order valence-corrected chi connectivity index (χ4v) is 5.97. The van der Waals surface area contributed by atoms with Crippen molar-refractivity contribution in [1.29, 1.82) is 0 Å². The summed E-state index contributed by atoms with van der Waals surface area (Å²) in [6, 6.07) is 9.49. The van der Waals surface area contributed by atoms with E-state index in [1.165, 1.54) is 4.31 Å². The molecule has 1 aromatic carbocycles. The molecule has 0 bridgehead atoms. The number of carbonyl (C=O) groups is 1. The fourth-order valence-electron chi connectivity index (χ4n) is 4.55. The van der Waals surface area contributed by atoms with Gasteiger partial charge in [-0.1, -0.05) is 32.9 Å². The number of benzene rings is 1. The number of carbonyl (C=O) groups excluding carboxylic acids is 1. The van der Waals surface area contributed by atoms with E-state index in [1.807, 2.05) is 32.0 Å². The second-order valence-corrected chi connectivity index (χ2v) is 12.1. The Kier molecular flexibility index (Phi) is 7.03. The number of Topliss-reactive ketones (excluding diaryl/α,β-unsaturated/α-hetero) is 1. The zero-order valence-electron chi connectivity index (χ0n) is 20.5. The van der Waals surface area contributed by atoms with Gasteiger partial charge >= 0.3 is 0 Å². The van der Waals surface area contributed by atoms with Crippen LogP contribution in [0.2, 0.25) is 0 Å². The number of ketones is 1. The third-order valence-electron chi connectivity index (χ3n) is 6.36. The summed E-state index contributed by atoms with van der Waals surface area (Å²) in [6.07, 6.45) is 0. The maximum atomic E-state index is 13.1. The summed E-state index contributed by atoms with van der Waals surface area (Å²) in [5.74, 6) is 0.0964. The average molecular weight is 460 g/mol. The van der Waals surface area contributed by atoms with Gasteiger partial charge in [-0.25, -0.2) is 8.42 Å². The number of nitrogens with zero attached hydrogens (tertiary/aromatic N) is 3. The topological polar surface area (TPSA) is 62.6 Å². The molecule has 0 saturated carbocycles. The fraction of sp³-hybridized carbons (Fsp3) is 0.560. The summed E-state index contributed by atoms with van der Waals surface area (Å²) >= 11 is 0. The maximum absolute atomic E-state index is 13.1. The van der Waals surface area contributed by atoms with Gasteiger partial charge in [0.15, 0.2) is 5.78 Å². The van der Waals surface area contributed by atoms with Crippen molar-refractivity contribution in [1.82, 2.24) is 13.8 Å². The number of aromatic nitrogens is 1. The summed E-state index contributed by atoms with van der Waals surface area (Å²) in [6.45, 7) is 16.8. The molecule has 0 aliphatic carbocycles. The van der Waals surface area contributed by atoms with E-state index in [1.54, 1.807) is 12.1 Å².